The number of hydrogen-bond donors (Lipinski definition) is 1. The van der Waals surface area contributed by atoms with Gasteiger partial charge in [-0.15, -0.1) is 0 Å². The first-order chi connectivity index (χ1) is 6.99. The second-order valence-corrected chi connectivity index (χ2v) is 3.78. The predicted octanol–water partition coefficient (Wildman–Crippen LogP) is 1.72. The van der Waals surface area contributed by atoms with Crippen molar-refractivity contribution in [1.29, 1.82) is 0 Å². The number of nitrogens with two attached hydrogens (primary N) is 1. The Morgan fingerprint density at radius 1 is 1.67 bits per heavy atom. The van der Waals surface area contributed by atoms with Gasteiger partial charge in [-0.2, -0.15) is 0 Å². The number of carbonyl (C=O) groups is 1. The van der Waals surface area contributed by atoms with E-state index in [2.05, 4.69) is 0 Å². The number of rotatable bonds is 3. The minimum absolute atomic E-state index is 0.105. The van der Waals surface area contributed by atoms with Crippen LogP contribution in [0.15, 0.2) is 0 Å². The number of hydrogen-bond acceptors (Lipinski definition) is 6. The van der Waals surface area contributed by atoms with Crippen molar-refractivity contribution in [3.8, 4) is 0 Å². The molecule has 0 fully saturated rings. The van der Waals surface area contributed by atoms with Crippen LogP contribution in [0.2, 0.25) is 0 Å². The lowest BCUT2D eigenvalue weighted by Crippen LogP contribution is -2.07. The number of thiophene rings is 1. The first-order valence-corrected chi connectivity index (χ1v) is 5.01. The molecule has 0 radical (unpaired) electrons. The molecule has 0 saturated carbocycles. The lowest BCUT2D eigenvalue weighted by Gasteiger charge is -2.00. The summed E-state index contributed by atoms with van der Waals surface area (Å²) in [4.78, 5) is 21.4. The third-order valence-electron chi connectivity index (χ3n) is 1.79. The molecule has 0 aliphatic rings. The van der Waals surface area contributed by atoms with Gasteiger partial charge in [-0.05, 0) is 25.2 Å². The highest BCUT2D eigenvalue weighted by Gasteiger charge is 2.26. The Bertz CT molecular complexity index is 413. The summed E-state index contributed by atoms with van der Waals surface area (Å²) in [6.45, 7) is 3.35. The van der Waals surface area contributed by atoms with Crippen molar-refractivity contribution in [1.82, 2.24) is 0 Å². The lowest BCUT2D eigenvalue weighted by atomic mass is 10.2. The van der Waals surface area contributed by atoms with E-state index in [9.17, 15) is 14.9 Å². The van der Waals surface area contributed by atoms with Crippen molar-refractivity contribution in [3.63, 3.8) is 0 Å². The highest BCUT2D eigenvalue weighted by Crippen LogP contribution is 2.36. The minimum Gasteiger partial charge on any atom is -0.462 e. The van der Waals surface area contributed by atoms with Crippen molar-refractivity contribution in [2.75, 3.05) is 12.3 Å². The molecular formula is C8H10N2O4S. The van der Waals surface area contributed by atoms with E-state index in [0.717, 1.165) is 11.3 Å². The highest BCUT2D eigenvalue weighted by atomic mass is 32.1. The molecule has 7 heteroatoms. The lowest BCUT2D eigenvalue weighted by molar-refractivity contribution is -0.380. The summed E-state index contributed by atoms with van der Waals surface area (Å²) in [7, 11) is 0. The number of nitrogen functional groups attached to an aromatic ring is 1. The summed E-state index contributed by atoms with van der Waals surface area (Å²) >= 11 is 0.781. The zero-order chi connectivity index (χ0) is 11.6. The van der Waals surface area contributed by atoms with Crippen molar-refractivity contribution in [2.24, 2.45) is 0 Å². The topological polar surface area (TPSA) is 95.5 Å². The quantitative estimate of drug-likeness (QED) is 0.484. The van der Waals surface area contributed by atoms with Gasteiger partial charge < -0.3 is 10.5 Å². The van der Waals surface area contributed by atoms with Crippen LogP contribution >= 0.6 is 11.3 Å². The third kappa shape index (κ3) is 2.07. The number of anilines is 1. The highest BCUT2D eigenvalue weighted by molar-refractivity contribution is 7.19. The van der Waals surface area contributed by atoms with E-state index in [-0.39, 0.29) is 27.7 Å². The van der Waals surface area contributed by atoms with Gasteiger partial charge in [0.05, 0.1) is 17.1 Å². The third-order valence-corrected chi connectivity index (χ3v) is 2.87. The predicted molar refractivity (Wildman–Crippen MR) is 56.1 cm³/mol. The molecule has 0 spiro atoms. The normalized spacial score (nSPS) is 10.0. The number of carbonyl (C=O) groups excluding carboxylic acids is 1. The zero-order valence-electron chi connectivity index (χ0n) is 8.27. The smallest absolute Gasteiger partial charge is 0.341 e. The van der Waals surface area contributed by atoms with E-state index in [4.69, 9.17) is 10.5 Å². The zero-order valence-corrected chi connectivity index (χ0v) is 9.09. The molecule has 1 aromatic rings. The SMILES string of the molecule is CCOC(=O)c1c(N)sc([N+](=O)[O-])c1C. The van der Waals surface area contributed by atoms with Crippen LogP contribution in [0.3, 0.4) is 0 Å². The first-order valence-electron chi connectivity index (χ1n) is 4.19. The molecule has 0 aromatic carbocycles. The molecule has 0 unspecified atom stereocenters. The van der Waals surface area contributed by atoms with Gasteiger partial charge in [-0.25, -0.2) is 4.79 Å². The molecule has 0 aliphatic heterocycles. The summed E-state index contributed by atoms with van der Waals surface area (Å²) in [5.41, 5.74) is 5.89. The van der Waals surface area contributed by atoms with Gasteiger partial charge in [0.15, 0.2) is 0 Å². The van der Waals surface area contributed by atoms with Gasteiger partial charge >= 0.3 is 11.0 Å². The van der Waals surface area contributed by atoms with E-state index in [0.29, 0.717) is 0 Å². The van der Waals surface area contributed by atoms with Crippen molar-refractivity contribution < 1.29 is 14.5 Å². The molecule has 0 atom stereocenters. The molecule has 0 amide bonds. The van der Waals surface area contributed by atoms with Crippen molar-refractivity contribution >= 4 is 27.3 Å². The van der Waals surface area contributed by atoms with Gasteiger partial charge in [-0.3, -0.25) is 10.1 Å². The van der Waals surface area contributed by atoms with Gasteiger partial charge in [0.2, 0.25) is 0 Å². The molecule has 0 saturated heterocycles. The monoisotopic (exact) mass is 230 g/mol. The van der Waals surface area contributed by atoms with E-state index in [1.807, 2.05) is 0 Å². The minimum atomic E-state index is -0.614. The van der Waals surface area contributed by atoms with Crippen LogP contribution in [0.5, 0.6) is 0 Å². The van der Waals surface area contributed by atoms with Gasteiger partial charge in [-0.1, -0.05) is 0 Å². The fourth-order valence-electron chi connectivity index (χ4n) is 1.15. The summed E-state index contributed by atoms with van der Waals surface area (Å²) in [6, 6.07) is 0. The van der Waals surface area contributed by atoms with E-state index >= 15 is 0 Å². The number of esters is 1. The molecule has 1 aromatic heterocycles. The summed E-state index contributed by atoms with van der Waals surface area (Å²) in [6.07, 6.45) is 0. The van der Waals surface area contributed by atoms with Crippen molar-refractivity contribution in [3.05, 3.63) is 21.2 Å². The van der Waals surface area contributed by atoms with Gasteiger partial charge in [0.1, 0.15) is 10.6 Å². The van der Waals surface area contributed by atoms with Crippen LogP contribution in [0.25, 0.3) is 0 Å². The maximum atomic E-state index is 11.4. The molecule has 1 rings (SSSR count). The second kappa shape index (κ2) is 4.26. The molecule has 82 valence electrons. The Balaban J connectivity index is 3.19. The molecule has 15 heavy (non-hydrogen) atoms. The molecule has 1 heterocycles. The molecule has 0 aliphatic carbocycles. The van der Waals surface area contributed by atoms with Crippen molar-refractivity contribution in [2.45, 2.75) is 13.8 Å². The maximum absolute atomic E-state index is 11.4. The van der Waals surface area contributed by atoms with Crippen LogP contribution in [0, 0.1) is 17.0 Å². The molecule has 6 nitrogen and oxygen atoms in total. The maximum Gasteiger partial charge on any atom is 0.341 e. The van der Waals surface area contributed by atoms with E-state index in [1.165, 1.54) is 6.92 Å². The Kier molecular flexibility index (Phi) is 3.25. The fraction of sp³-hybridized carbons (Fsp3) is 0.375. The van der Waals surface area contributed by atoms with Crippen LogP contribution < -0.4 is 5.73 Å². The van der Waals surface area contributed by atoms with Crippen LogP contribution in [0.1, 0.15) is 22.8 Å². The average Bonchev–Trinajstić information content (AvgIpc) is 2.42. The summed E-state index contributed by atoms with van der Waals surface area (Å²) < 4.78 is 4.75. The fourth-order valence-corrected chi connectivity index (χ4v) is 2.03. The van der Waals surface area contributed by atoms with E-state index in [1.54, 1.807) is 6.92 Å². The summed E-state index contributed by atoms with van der Waals surface area (Å²) in [5.74, 6) is -0.614. The number of nitro groups is 1. The number of ether oxygens (including phenoxy) is 1. The Morgan fingerprint density at radius 2 is 2.27 bits per heavy atom. The molecule has 2 N–H and O–H groups in total. The van der Waals surface area contributed by atoms with Crippen LogP contribution in [-0.4, -0.2) is 17.5 Å². The van der Waals surface area contributed by atoms with Gasteiger partial charge in [0, 0.05) is 0 Å². The van der Waals surface area contributed by atoms with Crippen LogP contribution in [0.4, 0.5) is 10.0 Å². The Morgan fingerprint density at radius 3 is 2.67 bits per heavy atom. The number of nitrogens with zero attached hydrogens (tertiary/aromatic N) is 1. The Labute approximate surface area is 89.8 Å². The first kappa shape index (κ1) is 11.4. The van der Waals surface area contributed by atoms with Crippen LogP contribution in [-0.2, 0) is 4.74 Å². The second-order valence-electron chi connectivity index (χ2n) is 2.75. The Hall–Kier alpha value is -1.63. The summed E-state index contributed by atoms with van der Waals surface area (Å²) in [5, 5.41) is 10.6. The molecular weight excluding hydrogens is 220 g/mol. The molecule has 0 bridgehead atoms. The van der Waals surface area contributed by atoms with Gasteiger partial charge in [0.25, 0.3) is 0 Å². The largest absolute Gasteiger partial charge is 0.462 e. The standard InChI is InChI=1S/C8H10N2O4S/c1-3-14-8(11)5-4(2)7(10(12)13)15-6(5)9/h3,9H2,1-2H3. The average molecular weight is 230 g/mol. The van der Waals surface area contributed by atoms with E-state index < -0.39 is 10.9 Å².